The van der Waals surface area contributed by atoms with Gasteiger partial charge in [0.2, 0.25) is 0 Å². The van der Waals surface area contributed by atoms with Crippen molar-refractivity contribution in [3.05, 3.63) is 59.7 Å². The lowest BCUT2D eigenvalue weighted by molar-refractivity contribution is -0.211. The number of hydrogen-bond acceptors (Lipinski definition) is 6. The zero-order valence-electron chi connectivity index (χ0n) is 22.8. The van der Waals surface area contributed by atoms with Crippen LogP contribution in [0.2, 0.25) is 0 Å². The standard InChI is InChI=1S/C31H30N4O5/c1-16(2)39-15-33-14-19-24-18-10-6-8-12-22(18)35-28(24)27-25(26(19)30(33)36)17-9-5-7-11-21(17)34(27)23-13-20(32-37)29(38-4)31(35,3)40-23/h5-12,16,23,29,37H,13-15H2,1-4H3/b32-20+/t23-,29-,31+/m1/s1. The Morgan fingerprint density at radius 3 is 2.48 bits per heavy atom. The minimum Gasteiger partial charge on any atom is -0.411 e. The highest BCUT2D eigenvalue weighted by molar-refractivity contribution is 6.31. The van der Waals surface area contributed by atoms with Crippen molar-refractivity contribution in [1.29, 1.82) is 0 Å². The Morgan fingerprint density at radius 2 is 1.77 bits per heavy atom. The van der Waals surface area contributed by atoms with Gasteiger partial charge in [-0.05, 0) is 38.5 Å². The van der Waals surface area contributed by atoms with Crippen LogP contribution >= 0.6 is 0 Å². The van der Waals surface area contributed by atoms with E-state index in [-0.39, 0.29) is 18.7 Å². The van der Waals surface area contributed by atoms with Crippen molar-refractivity contribution in [2.45, 2.75) is 57.9 Å². The average molecular weight is 539 g/mol. The molecule has 5 heterocycles. The predicted molar refractivity (Wildman–Crippen MR) is 152 cm³/mol. The molecule has 3 atom stereocenters. The third-order valence-electron chi connectivity index (χ3n) is 8.92. The molecule has 0 spiro atoms. The average Bonchev–Trinajstić information content (AvgIpc) is 3.57. The highest BCUT2D eigenvalue weighted by Crippen LogP contribution is 2.53. The molecule has 204 valence electrons. The van der Waals surface area contributed by atoms with Gasteiger partial charge < -0.3 is 33.5 Å². The number of para-hydroxylation sites is 2. The fourth-order valence-corrected chi connectivity index (χ4v) is 7.45. The monoisotopic (exact) mass is 538 g/mol. The molecule has 8 rings (SSSR count). The Labute approximate surface area is 230 Å². The van der Waals surface area contributed by atoms with Crippen LogP contribution in [0.1, 0.15) is 49.3 Å². The highest BCUT2D eigenvalue weighted by atomic mass is 16.6. The van der Waals surface area contributed by atoms with Gasteiger partial charge in [0.15, 0.2) is 5.72 Å². The van der Waals surface area contributed by atoms with Crippen LogP contribution in [0.15, 0.2) is 53.7 Å². The molecule has 1 fully saturated rings. The quantitative estimate of drug-likeness (QED) is 0.235. The van der Waals surface area contributed by atoms with Gasteiger partial charge in [-0.25, -0.2) is 0 Å². The number of benzene rings is 3. The van der Waals surface area contributed by atoms with Gasteiger partial charge in [0.1, 0.15) is 19.1 Å². The lowest BCUT2D eigenvalue weighted by Gasteiger charge is -2.44. The third-order valence-corrected chi connectivity index (χ3v) is 8.92. The van der Waals surface area contributed by atoms with Gasteiger partial charge in [0, 0.05) is 41.6 Å². The molecule has 9 nitrogen and oxygen atoms in total. The van der Waals surface area contributed by atoms with Crippen LogP contribution < -0.4 is 0 Å². The lowest BCUT2D eigenvalue weighted by Crippen LogP contribution is -2.54. The predicted octanol–water partition coefficient (Wildman–Crippen LogP) is 5.69. The summed E-state index contributed by atoms with van der Waals surface area (Å²) in [5, 5.41) is 17.9. The molecule has 0 aliphatic carbocycles. The van der Waals surface area contributed by atoms with Gasteiger partial charge in [-0.1, -0.05) is 41.6 Å². The molecule has 2 aromatic heterocycles. The van der Waals surface area contributed by atoms with E-state index in [1.807, 2.05) is 45.0 Å². The van der Waals surface area contributed by atoms with Crippen LogP contribution in [0, 0.1) is 0 Å². The number of ether oxygens (including phenoxy) is 3. The summed E-state index contributed by atoms with van der Waals surface area (Å²) in [5.41, 5.74) is 5.12. The Morgan fingerprint density at radius 1 is 1.07 bits per heavy atom. The number of carbonyl (C=O) groups excluding carboxylic acids is 1. The second-order valence-corrected chi connectivity index (χ2v) is 11.4. The second kappa shape index (κ2) is 8.06. The van der Waals surface area contributed by atoms with E-state index in [2.05, 4.69) is 38.6 Å². The summed E-state index contributed by atoms with van der Waals surface area (Å²) in [7, 11) is 1.62. The fourth-order valence-electron chi connectivity index (χ4n) is 7.45. The number of oxime groups is 1. The molecule has 0 radical (unpaired) electrons. The van der Waals surface area contributed by atoms with Gasteiger partial charge in [-0.2, -0.15) is 0 Å². The van der Waals surface area contributed by atoms with Gasteiger partial charge >= 0.3 is 0 Å². The molecule has 3 aliphatic heterocycles. The Kier molecular flexibility index (Phi) is 4.82. The van der Waals surface area contributed by atoms with Gasteiger partial charge in [0.05, 0.1) is 39.4 Å². The maximum atomic E-state index is 14.2. The molecule has 0 saturated carbocycles. The largest absolute Gasteiger partial charge is 0.411 e. The van der Waals surface area contributed by atoms with Crippen LogP contribution in [-0.2, 0) is 26.5 Å². The number of hydrogen-bond donors (Lipinski definition) is 1. The third kappa shape index (κ3) is 2.77. The van der Waals surface area contributed by atoms with Gasteiger partial charge in [-0.15, -0.1) is 0 Å². The number of rotatable bonds is 4. The molecule has 3 aromatic carbocycles. The van der Waals surface area contributed by atoms with E-state index in [0.717, 1.165) is 54.7 Å². The number of nitrogens with zero attached hydrogens (tertiary/aromatic N) is 4. The van der Waals surface area contributed by atoms with E-state index in [0.29, 0.717) is 18.7 Å². The van der Waals surface area contributed by atoms with Crippen molar-refractivity contribution in [3.8, 4) is 0 Å². The minimum atomic E-state index is -1.02. The van der Waals surface area contributed by atoms with E-state index in [4.69, 9.17) is 14.2 Å². The smallest absolute Gasteiger partial charge is 0.257 e. The van der Waals surface area contributed by atoms with Crippen molar-refractivity contribution in [1.82, 2.24) is 14.0 Å². The second-order valence-electron chi connectivity index (χ2n) is 11.4. The Hall–Kier alpha value is -3.92. The Balaban J connectivity index is 1.61. The molecule has 5 aromatic rings. The van der Waals surface area contributed by atoms with E-state index in [1.54, 1.807) is 12.0 Å². The molecular weight excluding hydrogens is 508 g/mol. The summed E-state index contributed by atoms with van der Waals surface area (Å²) >= 11 is 0. The summed E-state index contributed by atoms with van der Waals surface area (Å²) in [4.78, 5) is 16.0. The first-order chi connectivity index (χ1) is 19.4. The van der Waals surface area contributed by atoms with E-state index in [1.165, 1.54) is 0 Å². The van der Waals surface area contributed by atoms with Crippen molar-refractivity contribution in [3.63, 3.8) is 0 Å². The highest BCUT2D eigenvalue weighted by Gasteiger charge is 2.52. The topological polar surface area (TPSA) is 90.4 Å². The summed E-state index contributed by atoms with van der Waals surface area (Å²) in [6, 6.07) is 16.4. The van der Waals surface area contributed by atoms with Crippen molar-refractivity contribution >= 4 is 55.2 Å². The van der Waals surface area contributed by atoms with Gasteiger partial charge in [0.25, 0.3) is 5.91 Å². The van der Waals surface area contributed by atoms with E-state index >= 15 is 0 Å². The minimum absolute atomic E-state index is 0.0100. The Bertz CT molecular complexity index is 1930. The number of carbonyl (C=O) groups is 1. The van der Waals surface area contributed by atoms with Crippen LogP contribution in [0.4, 0.5) is 0 Å². The van der Waals surface area contributed by atoms with E-state index in [9.17, 15) is 10.0 Å². The summed E-state index contributed by atoms with van der Waals surface area (Å²) in [6.07, 6.45) is -0.732. The SMILES string of the molecule is CO[C@@H]1/C(=N/O)C[C@H]2O[C@]1(C)n1c3ccccc3c3c4c(c5c6ccccc6n2c5c31)C(=O)N(COC(C)C)C4. The summed E-state index contributed by atoms with van der Waals surface area (Å²) in [6.45, 7) is 6.65. The first-order valence-electron chi connectivity index (χ1n) is 13.7. The zero-order valence-corrected chi connectivity index (χ0v) is 22.8. The van der Waals surface area contributed by atoms with Crippen molar-refractivity contribution in [2.24, 2.45) is 5.16 Å². The molecule has 2 bridgehead atoms. The van der Waals surface area contributed by atoms with Crippen molar-refractivity contribution < 1.29 is 24.2 Å². The number of amides is 1. The molecule has 40 heavy (non-hydrogen) atoms. The van der Waals surface area contributed by atoms with Crippen LogP contribution in [0.5, 0.6) is 0 Å². The van der Waals surface area contributed by atoms with Crippen molar-refractivity contribution in [2.75, 3.05) is 13.8 Å². The molecule has 3 aliphatic rings. The fraction of sp³-hybridized carbons (Fsp3) is 0.355. The maximum absolute atomic E-state index is 14.2. The number of aromatic nitrogens is 2. The molecular formula is C31H30N4O5. The summed E-state index contributed by atoms with van der Waals surface area (Å²) in [5.74, 6) is -0.0241. The molecule has 1 N–H and O–H groups in total. The molecule has 1 saturated heterocycles. The first kappa shape index (κ1) is 23.9. The number of methoxy groups -OCH3 is 1. The van der Waals surface area contributed by atoms with Gasteiger partial charge in [-0.3, -0.25) is 4.79 Å². The summed E-state index contributed by atoms with van der Waals surface area (Å²) < 4.78 is 23.3. The normalized spacial score (nSPS) is 25.0. The molecule has 9 heteroatoms. The molecule has 1 amide bonds. The van der Waals surface area contributed by atoms with Crippen LogP contribution in [0.25, 0.3) is 43.6 Å². The first-order valence-corrected chi connectivity index (χ1v) is 13.7. The molecule has 0 unspecified atom stereocenters. The number of fused-ring (bicyclic) bond motifs is 13. The zero-order chi connectivity index (χ0) is 27.5. The lowest BCUT2D eigenvalue weighted by atomic mass is 9.95. The van der Waals surface area contributed by atoms with Crippen LogP contribution in [-0.4, -0.2) is 56.9 Å². The van der Waals surface area contributed by atoms with Crippen LogP contribution in [0.3, 0.4) is 0 Å². The van der Waals surface area contributed by atoms with E-state index < -0.39 is 18.1 Å². The maximum Gasteiger partial charge on any atom is 0.257 e.